The van der Waals surface area contributed by atoms with Crippen molar-refractivity contribution in [3.05, 3.63) is 58.1 Å². The van der Waals surface area contributed by atoms with Crippen LogP contribution in [0.5, 0.6) is 17.2 Å². The van der Waals surface area contributed by atoms with Crippen molar-refractivity contribution >= 4 is 29.1 Å². The lowest BCUT2D eigenvalue weighted by atomic mass is 9.95. The Kier molecular flexibility index (Phi) is 8.41. The molecule has 0 bridgehead atoms. The molecule has 1 heterocycles. The van der Waals surface area contributed by atoms with E-state index in [4.69, 9.17) is 30.5 Å². The zero-order valence-corrected chi connectivity index (χ0v) is 20.3. The number of nitrogens with zero attached hydrogens (tertiary/aromatic N) is 1. The largest absolute Gasteiger partial charge is 0.507 e. The highest BCUT2D eigenvalue weighted by Crippen LogP contribution is 2.43. The summed E-state index contributed by atoms with van der Waals surface area (Å²) >= 11 is 6.36. The number of ether oxygens (including phenoxy) is 4. The molecule has 1 atom stereocenters. The molecule has 1 aliphatic rings. The lowest BCUT2D eigenvalue weighted by Crippen LogP contribution is -2.32. The van der Waals surface area contributed by atoms with Gasteiger partial charge in [0.2, 0.25) is 0 Å². The standard InChI is InChI=1S/C25H28ClNO7/c1-5-33-16-8-9-18(26)17(14-16)23(28)21-22(27(11-12-31-3)25(30)24(21)29)15-7-10-19(32-4)20(13-15)34-6-2/h7-10,13-14,22,28H,5-6,11-12H2,1-4H3/b23-21+. The predicted molar refractivity (Wildman–Crippen MR) is 128 cm³/mol. The number of carbonyl (C=O) groups is 2. The third kappa shape index (κ3) is 4.98. The first-order valence-electron chi connectivity index (χ1n) is 10.9. The lowest BCUT2D eigenvalue weighted by Gasteiger charge is -2.26. The molecular weight excluding hydrogens is 462 g/mol. The molecule has 9 heteroatoms. The SMILES string of the molecule is CCOc1ccc(Cl)c(/C(O)=C2\C(=O)C(=O)N(CCOC)C2c2ccc(OC)c(OCC)c2)c1. The van der Waals surface area contributed by atoms with Crippen LogP contribution in [0.4, 0.5) is 0 Å². The Morgan fingerprint density at radius 3 is 2.41 bits per heavy atom. The van der Waals surface area contributed by atoms with Gasteiger partial charge >= 0.3 is 0 Å². The Morgan fingerprint density at radius 1 is 1.03 bits per heavy atom. The third-order valence-corrected chi connectivity index (χ3v) is 5.71. The topological polar surface area (TPSA) is 94.5 Å². The van der Waals surface area contributed by atoms with Gasteiger partial charge in [0, 0.05) is 19.2 Å². The fourth-order valence-electron chi connectivity index (χ4n) is 3.87. The second-order valence-corrected chi connectivity index (χ2v) is 7.81. The van der Waals surface area contributed by atoms with E-state index in [1.54, 1.807) is 36.4 Å². The molecule has 0 aliphatic carbocycles. The normalized spacial score (nSPS) is 17.2. The van der Waals surface area contributed by atoms with E-state index in [2.05, 4.69) is 0 Å². The highest BCUT2D eigenvalue weighted by atomic mass is 35.5. The second kappa shape index (κ2) is 11.3. The van der Waals surface area contributed by atoms with Crippen LogP contribution in [0.1, 0.15) is 31.0 Å². The van der Waals surface area contributed by atoms with Gasteiger partial charge in [0.05, 0.1) is 43.6 Å². The van der Waals surface area contributed by atoms with Crippen LogP contribution in [-0.4, -0.2) is 62.3 Å². The van der Waals surface area contributed by atoms with Crippen molar-refractivity contribution < 1.29 is 33.6 Å². The van der Waals surface area contributed by atoms with Crippen molar-refractivity contribution in [1.82, 2.24) is 4.90 Å². The fraction of sp³-hybridized carbons (Fsp3) is 0.360. The molecule has 2 aromatic carbocycles. The zero-order chi connectivity index (χ0) is 24.8. The van der Waals surface area contributed by atoms with E-state index in [0.29, 0.717) is 36.0 Å². The summed E-state index contributed by atoms with van der Waals surface area (Å²) in [5, 5.41) is 11.5. The molecule has 8 nitrogen and oxygen atoms in total. The molecule has 1 fully saturated rings. The first-order valence-corrected chi connectivity index (χ1v) is 11.3. The van der Waals surface area contributed by atoms with Gasteiger partial charge in [0.15, 0.2) is 11.5 Å². The average molecular weight is 490 g/mol. The quantitative estimate of drug-likeness (QED) is 0.303. The van der Waals surface area contributed by atoms with Gasteiger partial charge in [-0.15, -0.1) is 0 Å². The Balaban J connectivity index is 2.22. The first kappa shape index (κ1) is 25.4. The lowest BCUT2D eigenvalue weighted by molar-refractivity contribution is -0.140. The summed E-state index contributed by atoms with van der Waals surface area (Å²) < 4.78 is 21.7. The maximum absolute atomic E-state index is 13.2. The number of benzene rings is 2. The average Bonchev–Trinajstić information content (AvgIpc) is 3.08. The zero-order valence-electron chi connectivity index (χ0n) is 19.6. The van der Waals surface area contributed by atoms with Crippen LogP contribution in [0.3, 0.4) is 0 Å². The number of hydrogen-bond acceptors (Lipinski definition) is 7. The first-order chi connectivity index (χ1) is 16.4. The molecule has 3 rings (SSSR count). The van der Waals surface area contributed by atoms with Crippen molar-refractivity contribution in [3.63, 3.8) is 0 Å². The molecule has 0 radical (unpaired) electrons. The van der Waals surface area contributed by atoms with Crippen LogP contribution in [0, 0.1) is 0 Å². The van der Waals surface area contributed by atoms with E-state index in [1.165, 1.54) is 19.1 Å². The van der Waals surface area contributed by atoms with E-state index in [9.17, 15) is 14.7 Å². The fourth-order valence-corrected chi connectivity index (χ4v) is 4.07. The minimum absolute atomic E-state index is 0.0794. The van der Waals surface area contributed by atoms with Gasteiger partial charge in [-0.05, 0) is 49.7 Å². The van der Waals surface area contributed by atoms with Crippen molar-refractivity contribution in [2.45, 2.75) is 19.9 Å². The molecule has 1 aliphatic heterocycles. The number of methoxy groups -OCH3 is 2. The molecule has 2 aromatic rings. The van der Waals surface area contributed by atoms with E-state index in [0.717, 1.165) is 0 Å². The summed E-state index contributed by atoms with van der Waals surface area (Å²) in [6.45, 7) is 4.82. The summed E-state index contributed by atoms with van der Waals surface area (Å²) in [7, 11) is 3.03. The van der Waals surface area contributed by atoms with E-state index in [1.807, 2.05) is 13.8 Å². The molecule has 34 heavy (non-hydrogen) atoms. The molecule has 0 aromatic heterocycles. The Labute approximate surface area is 203 Å². The summed E-state index contributed by atoms with van der Waals surface area (Å²) in [6.07, 6.45) is 0. The number of halogens is 1. The number of likely N-dealkylation sites (tertiary alicyclic amines) is 1. The van der Waals surface area contributed by atoms with Gasteiger partial charge in [-0.3, -0.25) is 9.59 Å². The smallest absolute Gasteiger partial charge is 0.295 e. The number of hydrogen-bond donors (Lipinski definition) is 1. The van der Waals surface area contributed by atoms with Crippen LogP contribution in [0.15, 0.2) is 42.0 Å². The van der Waals surface area contributed by atoms with Gasteiger partial charge in [0.25, 0.3) is 11.7 Å². The number of Topliss-reactive ketones (excluding diaryl/α,β-unsaturated/α-hetero) is 1. The molecule has 0 spiro atoms. The maximum atomic E-state index is 13.2. The van der Waals surface area contributed by atoms with Crippen LogP contribution in [-0.2, 0) is 14.3 Å². The van der Waals surface area contributed by atoms with Crippen LogP contribution in [0.2, 0.25) is 5.02 Å². The summed E-state index contributed by atoms with van der Waals surface area (Å²) in [6, 6.07) is 9.01. The highest BCUT2D eigenvalue weighted by Gasteiger charge is 2.46. The van der Waals surface area contributed by atoms with Crippen LogP contribution in [0.25, 0.3) is 5.76 Å². The van der Waals surface area contributed by atoms with E-state index in [-0.39, 0.29) is 35.1 Å². The van der Waals surface area contributed by atoms with Gasteiger partial charge in [0.1, 0.15) is 11.5 Å². The van der Waals surface area contributed by atoms with Gasteiger partial charge in [-0.2, -0.15) is 0 Å². The number of amides is 1. The molecule has 1 unspecified atom stereocenters. The van der Waals surface area contributed by atoms with Gasteiger partial charge in [-0.25, -0.2) is 0 Å². The second-order valence-electron chi connectivity index (χ2n) is 7.40. The van der Waals surface area contributed by atoms with Crippen molar-refractivity contribution in [3.8, 4) is 17.2 Å². The van der Waals surface area contributed by atoms with Gasteiger partial charge in [-0.1, -0.05) is 17.7 Å². The monoisotopic (exact) mass is 489 g/mol. The van der Waals surface area contributed by atoms with Crippen LogP contribution >= 0.6 is 11.6 Å². The molecule has 1 saturated heterocycles. The van der Waals surface area contributed by atoms with E-state index >= 15 is 0 Å². The Morgan fingerprint density at radius 2 is 1.76 bits per heavy atom. The number of aliphatic hydroxyl groups is 1. The van der Waals surface area contributed by atoms with Crippen molar-refractivity contribution in [1.29, 1.82) is 0 Å². The highest BCUT2D eigenvalue weighted by molar-refractivity contribution is 6.47. The molecular formula is C25H28ClNO7. The number of carbonyl (C=O) groups excluding carboxylic acids is 2. The predicted octanol–water partition coefficient (Wildman–Crippen LogP) is 4.21. The number of rotatable bonds is 10. The summed E-state index contributed by atoms with van der Waals surface area (Å²) in [5.41, 5.74) is 0.684. The molecule has 1 amide bonds. The number of ketones is 1. The molecule has 182 valence electrons. The summed E-state index contributed by atoms with van der Waals surface area (Å²) in [5.74, 6) is -0.506. The van der Waals surface area contributed by atoms with Crippen molar-refractivity contribution in [2.24, 2.45) is 0 Å². The summed E-state index contributed by atoms with van der Waals surface area (Å²) in [4.78, 5) is 27.5. The van der Waals surface area contributed by atoms with Crippen LogP contribution < -0.4 is 14.2 Å². The Bertz CT molecular complexity index is 1100. The minimum Gasteiger partial charge on any atom is -0.507 e. The Hall–Kier alpha value is -3.23. The molecule has 0 saturated carbocycles. The molecule has 1 N–H and O–H groups in total. The third-order valence-electron chi connectivity index (χ3n) is 5.38. The minimum atomic E-state index is -0.882. The van der Waals surface area contributed by atoms with Crippen molar-refractivity contribution in [2.75, 3.05) is 40.6 Å². The maximum Gasteiger partial charge on any atom is 0.295 e. The number of aliphatic hydroxyl groups excluding tert-OH is 1. The van der Waals surface area contributed by atoms with E-state index < -0.39 is 17.7 Å². The van der Waals surface area contributed by atoms with Gasteiger partial charge < -0.3 is 29.0 Å².